The summed E-state index contributed by atoms with van der Waals surface area (Å²) in [6.45, 7) is 7.04. The lowest BCUT2D eigenvalue weighted by Gasteiger charge is -2.30. The highest BCUT2D eigenvalue weighted by atomic mass is 127. The second kappa shape index (κ2) is 9.63. The van der Waals surface area contributed by atoms with E-state index in [0.29, 0.717) is 6.61 Å². The molecule has 0 saturated carbocycles. The van der Waals surface area contributed by atoms with Gasteiger partial charge in [0, 0.05) is 25.7 Å². The number of halogens is 2. The number of rotatable bonds is 9. The minimum Gasteiger partial charge on any atom is -0.468 e. The Kier molecular flexibility index (Phi) is 8.90. The molecule has 130 valence electrons. The summed E-state index contributed by atoms with van der Waals surface area (Å²) in [5.74, 6) is -0.188. The monoisotopic (exact) mass is 514 g/mol. The maximum Gasteiger partial charge on any atom is 0.315 e. The quantitative estimate of drug-likeness (QED) is 0.227. The Morgan fingerprint density at radius 1 is 1.30 bits per heavy atom. The first-order valence-electron chi connectivity index (χ1n) is 7.50. The molecule has 0 heterocycles. The molecule has 0 N–H and O–H groups in total. The fourth-order valence-electron chi connectivity index (χ4n) is 2.60. The third-order valence-electron chi connectivity index (χ3n) is 4.12. The largest absolute Gasteiger partial charge is 0.468 e. The fourth-order valence-corrected chi connectivity index (χ4v) is 3.74. The maximum atomic E-state index is 12.4. The summed E-state index contributed by atoms with van der Waals surface area (Å²) < 4.78 is 11.5. The van der Waals surface area contributed by atoms with Crippen LogP contribution in [-0.2, 0) is 19.1 Å². The molecule has 0 bridgehead atoms. The molecule has 1 rings (SSSR count). The minimum atomic E-state index is -0.631. The number of carbonyl (C=O) groups is 1. The zero-order valence-corrected chi connectivity index (χ0v) is 18.6. The van der Waals surface area contributed by atoms with E-state index in [1.165, 1.54) is 16.3 Å². The molecule has 6 heteroatoms. The summed E-state index contributed by atoms with van der Waals surface area (Å²) in [6, 6.07) is 7.90. The van der Waals surface area contributed by atoms with Gasteiger partial charge in [-0.3, -0.25) is 4.79 Å². The van der Waals surface area contributed by atoms with Crippen LogP contribution in [0.15, 0.2) is 28.7 Å². The predicted octanol–water partition coefficient (Wildman–Crippen LogP) is 6.09. The lowest BCUT2D eigenvalue weighted by Crippen LogP contribution is -2.34. The third kappa shape index (κ3) is 6.55. The van der Waals surface area contributed by atoms with E-state index in [-0.39, 0.29) is 11.4 Å². The van der Waals surface area contributed by atoms with E-state index in [1.807, 2.05) is 31.2 Å². The summed E-state index contributed by atoms with van der Waals surface area (Å²) >= 11 is 5.61. The first-order valence-corrected chi connectivity index (χ1v) is 11.6. The van der Waals surface area contributed by atoms with Crippen molar-refractivity contribution in [3.63, 3.8) is 0 Å². The van der Waals surface area contributed by atoms with E-state index in [2.05, 4.69) is 51.0 Å². The standard InChI is InChI=1S/C17H24BrIO3S/c1-16(2,12-22-23-19)9-6-10-17(3,15(20)21-4)13-7-5-8-14(18)11-13/h5,7-8,11H,6,9-10,12H2,1-4H3. The molecule has 3 nitrogen and oxygen atoms in total. The van der Waals surface area contributed by atoms with Crippen LogP contribution in [0.5, 0.6) is 0 Å². The van der Waals surface area contributed by atoms with Gasteiger partial charge < -0.3 is 8.92 Å². The Labute approximate surface area is 164 Å². The molecular weight excluding hydrogens is 491 g/mol. The van der Waals surface area contributed by atoms with Crippen molar-refractivity contribution < 1.29 is 13.7 Å². The first-order chi connectivity index (χ1) is 10.7. The second-order valence-corrected chi connectivity index (χ2v) is 9.03. The molecule has 1 aromatic rings. The van der Waals surface area contributed by atoms with Crippen LogP contribution in [0, 0.1) is 5.41 Å². The molecule has 1 atom stereocenters. The highest BCUT2D eigenvalue weighted by Gasteiger charge is 2.36. The van der Waals surface area contributed by atoms with Gasteiger partial charge in [-0.25, -0.2) is 0 Å². The molecule has 23 heavy (non-hydrogen) atoms. The van der Waals surface area contributed by atoms with Crippen LogP contribution in [0.4, 0.5) is 0 Å². The topological polar surface area (TPSA) is 35.5 Å². The molecule has 0 amide bonds. The van der Waals surface area contributed by atoms with Gasteiger partial charge in [0.25, 0.3) is 0 Å². The van der Waals surface area contributed by atoms with Gasteiger partial charge in [-0.15, -0.1) is 0 Å². The van der Waals surface area contributed by atoms with E-state index in [4.69, 9.17) is 8.92 Å². The normalized spacial score (nSPS) is 14.3. The molecule has 0 fully saturated rings. The molecule has 1 unspecified atom stereocenters. The van der Waals surface area contributed by atoms with Gasteiger partial charge in [0.1, 0.15) is 0 Å². The van der Waals surface area contributed by atoms with Gasteiger partial charge in [-0.2, -0.15) is 0 Å². The second-order valence-electron chi connectivity index (χ2n) is 6.68. The van der Waals surface area contributed by atoms with Crippen molar-refractivity contribution in [1.82, 2.24) is 0 Å². The average molecular weight is 515 g/mol. The summed E-state index contributed by atoms with van der Waals surface area (Å²) in [5.41, 5.74) is 0.440. The highest BCUT2D eigenvalue weighted by Crippen LogP contribution is 2.35. The Morgan fingerprint density at radius 2 is 2.00 bits per heavy atom. The molecule has 0 aliphatic heterocycles. The van der Waals surface area contributed by atoms with Crippen LogP contribution in [0.1, 0.15) is 45.6 Å². The molecule has 0 aliphatic rings. The van der Waals surface area contributed by atoms with Crippen LogP contribution in [0.3, 0.4) is 0 Å². The van der Waals surface area contributed by atoms with Gasteiger partial charge in [0.05, 0.1) is 28.3 Å². The summed E-state index contributed by atoms with van der Waals surface area (Å²) in [7, 11) is 2.82. The van der Waals surface area contributed by atoms with Gasteiger partial charge in [-0.1, -0.05) is 48.3 Å². The Bertz CT molecular complexity index is 524. The molecular formula is C17H24BrIO3S. The first kappa shape index (κ1) is 21.3. The third-order valence-corrected chi connectivity index (χ3v) is 5.59. The average Bonchev–Trinajstić information content (AvgIpc) is 2.51. The van der Waals surface area contributed by atoms with Crippen molar-refractivity contribution in [2.24, 2.45) is 5.41 Å². The van der Waals surface area contributed by atoms with Crippen molar-refractivity contribution in [2.75, 3.05) is 13.7 Å². The number of ether oxygens (including phenoxy) is 1. The number of benzene rings is 1. The van der Waals surface area contributed by atoms with Crippen LogP contribution in [0.2, 0.25) is 0 Å². The fraction of sp³-hybridized carbons (Fsp3) is 0.588. The van der Waals surface area contributed by atoms with Crippen molar-refractivity contribution in [3.05, 3.63) is 34.3 Å². The van der Waals surface area contributed by atoms with Gasteiger partial charge in [0.2, 0.25) is 0 Å². The zero-order chi connectivity index (χ0) is 17.5. The highest BCUT2D eigenvalue weighted by molar-refractivity contribution is 14.2. The number of methoxy groups -OCH3 is 1. The van der Waals surface area contributed by atoms with Crippen LogP contribution in [-0.4, -0.2) is 19.7 Å². The van der Waals surface area contributed by atoms with E-state index < -0.39 is 5.41 Å². The van der Waals surface area contributed by atoms with Crippen LogP contribution in [0.25, 0.3) is 0 Å². The van der Waals surface area contributed by atoms with E-state index in [9.17, 15) is 4.79 Å². The number of carbonyl (C=O) groups excluding carboxylic acids is 1. The Balaban J connectivity index is 2.82. The number of hydrogen-bond acceptors (Lipinski definition) is 4. The molecule has 0 aromatic heterocycles. The smallest absolute Gasteiger partial charge is 0.315 e. The molecule has 0 radical (unpaired) electrons. The minimum absolute atomic E-state index is 0.0898. The van der Waals surface area contributed by atoms with Gasteiger partial charge >= 0.3 is 5.97 Å². The van der Waals surface area contributed by atoms with Crippen molar-refractivity contribution in [2.45, 2.75) is 45.4 Å². The zero-order valence-electron chi connectivity index (χ0n) is 14.0. The van der Waals surface area contributed by atoms with Crippen molar-refractivity contribution >= 4 is 52.3 Å². The van der Waals surface area contributed by atoms with Crippen molar-refractivity contribution in [1.29, 1.82) is 0 Å². The number of hydrogen-bond donors (Lipinski definition) is 0. The lowest BCUT2D eigenvalue weighted by molar-refractivity contribution is -0.147. The number of esters is 1. The van der Waals surface area contributed by atoms with E-state index >= 15 is 0 Å². The van der Waals surface area contributed by atoms with Gasteiger partial charge in [0.15, 0.2) is 0 Å². The molecule has 0 aliphatic carbocycles. The van der Waals surface area contributed by atoms with Crippen LogP contribution < -0.4 is 0 Å². The van der Waals surface area contributed by atoms with Crippen LogP contribution >= 0.6 is 46.3 Å². The Morgan fingerprint density at radius 3 is 2.57 bits per heavy atom. The SMILES string of the molecule is COC(=O)C(C)(CCCC(C)(C)COSI)c1cccc(Br)c1. The van der Waals surface area contributed by atoms with Gasteiger partial charge in [-0.05, 0) is 42.9 Å². The maximum absolute atomic E-state index is 12.4. The summed E-state index contributed by atoms with van der Waals surface area (Å²) in [5, 5.41) is 0. The van der Waals surface area contributed by atoms with E-state index in [0.717, 1.165) is 29.3 Å². The van der Waals surface area contributed by atoms with E-state index in [1.54, 1.807) is 0 Å². The predicted molar refractivity (Wildman–Crippen MR) is 109 cm³/mol. The Hall–Kier alpha value is 0.210. The molecule has 0 spiro atoms. The lowest BCUT2D eigenvalue weighted by atomic mass is 9.76. The summed E-state index contributed by atoms with van der Waals surface area (Å²) in [6.07, 6.45) is 2.67. The molecule has 1 aromatic carbocycles. The molecule has 0 saturated heterocycles. The summed E-state index contributed by atoms with van der Waals surface area (Å²) in [4.78, 5) is 12.4. The van der Waals surface area contributed by atoms with Crippen molar-refractivity contribution in [3.8, 4) is 0 Å².